The van der Waals surface area contributed by atoms with E-state index in [-0.39, 0.29) is 37.6 Å². The van der Waals surface area contributed by atoms with Crippen molar-refractivity contribution in [2.24, 2.45) is 0 Å². The van der Waals surface area contributed by atoms with Crippen LogP contribution >= 0.6 is 0 Å². The van der Waals surface area contributed by atoms with E-state index in [1.54, 1.807) is 6.92 Å². The monoisotopic (exact) mass is 144 g/mol. The van der Waals surface area contributed by atoms with Crippen molar-refractivity contribution in [3.05, 3.63) is 0 Å². The van der Waals surface area contributed by atoms with Gasteiger partial charge in [0, 0.05) is 19.8 Å². The van der Waals surface area contributed by atoms with Crippen LogP contribution in [0, 0.1) is 0 Å². The third-order valence-electron chi connectivity index (χ3n) is 0.408. The van der Waals surface area contributed by atoms with Crippen molar-refractivity contribution in [1.29, 1.82) is 0 Å². The number of ether oxygens (including phenoxy) is 1. The van der Waals surface area contributed by atoms with E-state index in [1.807, 2.05) is 13.8 Å². The summed E-state index contributed by atoms with van der Waals surface area (Å²) in [4.78, 5) is 0. The molecule has 1 N–H and O–H groups in total. The molecule has 0 aliphatic heterocycles. The molecule has 0 aliphatic rings. The zero-order chi connectivity index (χ0) is 6.83. The minimum absolute atomic E-state index is 0. The minimum atomic E-state index is 0. The summed E-state index contributed by atoms with van der Waals surface area (Å²) < 4.78 is 4.83. The van der Waals surface area contributed by atoms with Crippen LogP contribution in [0.2, 0.25) is 0 Å². The van der Waals surface area contributed by atoms with Gasteiger partial charge in [0.2, 0.25) is 0 Å². The molecule has 0 saturated carbocycles. The second kappa shape index (κ2) is 23.1. The zero-order valence-corrected chi connectivity index (χ0v) is 8.98. The van der Waals surface area contributed by atoms with Gasteiger partial charge in [-0.15, -0.1) is 0 Å². The van der Waals surface area contributed by atoms with E-state index in [1.165, 1.54) is 0 Å². The largest absolute Gasteiger partial charge is 1.00 e. The fraction of sp³-hybridized carbons (Fsp3) is 1.00. The standard InChI is InChI=1S/C4H10O.C2H6O.Na.H/c1-3-5-4-2;1-2-3;;/h3-4H2,1-2H3;3H,2H2,1H3;;/q;;+1;-1. The maximum Gasteiger partial charge on any atom is 1.00 e. The Kier molecular flexibility index (Phi) is 42.3. The molecule has 2 nitrogen and oxygen atoms in total. The summed E-state index contributed by atoms with van der Waals surface area (Å²) in [6.45, 7) is 7.60. The van der Waals surface area contributed by atoms with Gasteiger partial charge in [0.1, 0.15) is 0 Å². The van der Waals surface area contributed by atoms with E-state index in [9.17, 15) is 0 Å². The molecule has 0 heterocycles. The van der Waals surface area contributed by atoms with Gasteiger partial charge in [-0.3, -0.25) is 0 Å². The van der Waals surface area contributed by atoms with Crippen molar-refractivity contribution in [1.82, 2.24) is 0 Å². The van der Waals surface area contributed by atoms with Gasteiger partial charge in [-0.05, 0) is 20.8 Å². The van der Waals surface area contributed by atoms with Gasteiger partial charge in [-0.2, -0.15) is 0 Å². The summed E-state index contributed by atoms with van der Waals surface area (Å²) in [6.07, 6.45) is 0. The number of hydrogen-bond acceptors (Lipinski definition) is 2. The van der Waals surface area contributed by atoms with Crippen LogP contribution in [-0.2, 0) is 4.74 Å². The van der Waals surface area contributed by atoms with Crippen LogP contribution in [0.4, 0.5) is 0 Å². The van der Waals surface area contributed by atoms with Crippen molar-refractivity contribution >= 4 is 0 Å². The Morgan fingerprint density at radius 3 is 1.44 bits per heavy atom. The number of rotatable bonds is 2. The van der Waals surface area contributed by atoms with E-state index in [0.29, 0.717) is 0 Å². The minimum Gasteiger partial charge on any atom is -1.00 e. The van der Waals surface area contributed by atoms with E-state index >= 15 is 0 Å². The molecule has 0 rings (SSSR count). The van der Waals surface area contributed by atoms with Gasteiger partial charge in [-0.1, -0.05) is 0 Å². The van der Waals surface area contributed by atoms with E-state index < -0.39 is 0 Å². The molecule has 54 valence electrons. The van der Waals surface area contributed by atoms with Crippen LogP contribution < -0.4 is 29.6 Å². The first kappa shape index (κ1) is 16.5. The summed E-state index contributed by atoms with van der Waals surface area (Å²) >= 11 is 0. The van der Waals surface area contributed by atoms with Crippen LogP contribution in [0.15, 0.2) is 0 Å². The molecule has 0 spiro atoms. The quantitative estimate of drug-likeness (QED) is 0.461. The SMILES string of the molecule is CCO.CCOCC.[H-].[Na+]. The van der Waals surface area contributed by atoms with Gasteiger partial charge in [-0.25, -0.2) is 0 Å². The number of aliphatic hydroxyl groups excluding tert-OH is 1. The average Bonchev–Trinajstić information content (AvgIpc) is 1.71. The molecule has 0 atom stereocenters. The first-order valence-corrected chi connectivity index (χ1v) is 3.01. The van der Waals surface area contributed by atoms with Crippen LogP contribution in [0.1, 0.15) is 22.2 Å². The van der Waals surface area contributed by atoms with Gasteiger partial charge < -0.3 is 11.3 Å². The van der Waals surface area contributed by atoms with Crippen LogP contribution in [0.5, 0.6) is 0 Å². The Balaban J connectivity index is -0.0000000326. The van der Waals surface area contributed by atoms with Crippen molar-refractivity contribution in [3.63, 3.8) is 0 Å². The fourth-order valence-electron chi connectivity index (χ4n) is 0.204. The Labute approximate surface area is 81.4 Å². The van der Waals surface area contributed by atoms with Crippen molar-refractivity contribution in [3.8, 4) is 0 Å². The van der Waals surface area contributed by atoms with Crippen LogP contribution in [-0.4, -0.2) is 24.9 Å². The van der Waals surface area contributed by atoms with Gasteiger partial charge in [0.15, 0.2) is 0 Å². The Morgan fingerprint density at radius 2 is 1.44 bits per heavy atom. The fourth-order valence-corrected chi connectivity index (χ4v) is 0.204. The molecule has 0 saturated heterocycles. The van der Waals surface area contributed by atoms with Crippen LogP contribution in [0.25, 0.3) is 0 Å². The topological polar surface area (TPSA) is 29.5 Å². The third-order valence-corrected chi connectivity index (χ3v) is 0.408. The molecular weight excluding hydrogens is 127 g/mol. The molecule has 0 bridgehead atoms. The smallest absolute Gasteiger partial charge is 1.00 e. The summed E-state index contributed by atoms with van der Waals surface area (Å²) in [5, 5.41) is 7.57. The predicted molar refractivity (Wildman–Crippen MR) is 36.0 cm³/mol. The molecule has 0 aromatic rings. The second-order valence-corrected chi connectivity index (χ2v) is 1.10. The molecule has 0 aromatic carbocycles. The van der Waals surface area contributed by atoms with Crippen molar-refractivity contribution in [2.45, 2.75) is 20.8 Å². The Bertz CT molecular complexity index is 29.7. The molecule has 3 heteroatoms. The van der Waals surface area contributed by atoms with Crippen molar-refractivity contribution in [2.75, 3.05) is 19.8 Å². The second-order valence-electron chi connectivity index (χ2n) is 1.10. The van der Waals surface area contributed by atoms with Crippen LogP contribution in [0.3, 0.4) is 0 Å². The normalized spacial score (nSPS) is 6.67. The maximum atomic E-state index is 7.57. The summed E-state index contributed by atoms with van der Waals surface area (Å²) in [5.41, 5.74) is 0. The molecule has 9 heavy (non-hydrogen) atoms. The molecule has 0 aliphatic carbocycles. The van der Waals surface area contributed by atoms with E-state index in [2.05, 4.69) is 0 Å². The molecule has 0 unspecified atom stereocenters. The maximum absolute atomic E-state index is 7.57. The number of aliphatic hydroxyl groups is 1. The zero-order valence-electron chi connectivity index (χ0n) is 7.98. The predicted octanol–water partition coefficient (Wildman–Crippen LogP) is -1.84. The van der Waals surface area contributed by atoms with Gasteiger partial charge in [0.25, 0.3) is 0 Å². The summed E-state index contributed by atoms with van der Waals surface area (Å²) in [6, 6.07) is 0. The van der Waals surface area contributed by atoms with Crippen molar-refractivity contribution < 1.29 is 40.8 Å². The van der Waals surface area contributed by atoms with E-state index in [0.717, 1.165) is 13.2 Å². The first-order chi connectivity index (χ1) is 3.83. The van der Waals surface area contributed by atoms with Gasteiger partial charge >= 0.3 is 29.6 Å². The third kappa shape index (κ3) is 50.1. The number of hydrogen-bond donors (Lipinski definition) is 1. The summed E-state index contributed by atoms with van der Waals surface area (Å²) in [7, 11) is 0. The molecule has 0 radical (unpaired) electrons. The average molecular weight is 144 g/mol. The molecular formula is C6H17NaO2. The van der Waals surface area contributed by atoms with E-state index in [4.69, 9.17) is 9.84 Å². The molecule has 0 fully saturated rings. The molecule has 0 aromatic heterocycles. The Hall–Kier alpha value is 0.920. The summed E-state index contributed by atoms with van der Waals surface area (Å²) in [5.74, 6) is 0. The van der Waals surface area contributed by atoms with Gasteiger partial charge in [0.05, 0.1) is 0 Å². The Morgan fingerprint density at radius 1 is 1.22 bits per heavy atom. The first-order valence-electron chi connectivity index (χ1n) is 3.01. The molecule has 0 amide bonds.